The summed E-state index contributed by atoms with van der Waals surface area (Å²) in [5.41, 5.74) is 2.88. The van der Waals surface area contributed by atoms with E-state index in [9.17, 15) is 18.0 Å². The molecule has 8 heteroatoms. The molecule has 0 saturated heterocycles. The Morgan fingerprint density at radius 1 is 1.40 bits per heavy atom. The molecule has 0 aliphatic heterocycles. The molecule has 136 valence electrons. The van der Waals surface area contributed by atoms with Crippen LogP contribution in [0.4, 0.5) is 13.2 Å². The second kappa shape index (κ2) is 7.69. The third-order valence-corrected chi connectivity index (χ3v) is 3.59. The van der Waals surface area contributed by atoms with Crippen LogP contribution in [0.15, 0.2) is 30.6 Å². The molecule has 0 aliphatic rings. The van der Waals surface area contributed by atoms with Crippen molar-refractivity contribution in [3.05, 3.63) is 47.5 Å². The topological polar surface area (TPSA) is 56.1 Å². The number of aromatic nitrogens is 2. The lowest BCUT2D eigenvalue weighted by Crippen LogP contribution is -2.37. The number of pyridine rings is 1. The van der Waals surface area contributed by atoms with Crippen LogP contribution >= 0.6 is 0 Å². The molecule has 2 aromatic rings. The first-order chi connectivity index (χ1) is 11.7. The molecule has 0 aliphatic carbocycles. The van der Waals surface area contributed by atoms with Gasteiger partial charge in [-0.2, -0.15) is 13.2 Å². The summed E-state index contributed by atoms with van der Waals surface area (Å²) >= 11 is 0. The Hall–Kier alpha value is -2.35. The van der Waals surface area contributed by atoms with Crippen molar-refractivity contribution in [2.45, 2.75) is 33.0 Å². The van der Waals surface area contributed by atoms with Gasteiger partial charge in [0, 0.05) is 23.6 Å². The highest BCUT2D eigenvalue weighted by molar-refractivity contribution is 5.96. The van der Waals surface area contributed by atoms with Crippen LogP contribution in [0.1, 0.15) is 28.7 Å². The second-order valence-corrected chi connectivity index (χ2v) is 5.84. The molecule has 25 heavy (non-hydrogen) atoms. The third kappa shape index (κ3) is 5.06. The summed E-state index contributed by atoms with van der Waals surface area (Å²) in [7, 11) is 0. The van der Waals surface area contributed by atoms with Crippen LogP contribution in [0, 0.1) is 13.8 Å². The van der Waals surface area contributed by atoms with Gasteiger partial charge in [-0.05, 0) is 39.0 Å². The van der Waals surface area contributed by atoms with Crippen molar-refractivity contribution in [1.82, 2.24) is 14.9 Å². The molecule has 0 radical (unpaired) electrons. The number of hydrogen-bond acceptors (Lipinski definition) is 3. The molecule has 1 atom stereocenters. The molecular formula is C17H20F3N3O2. The lowest BCUT2D eigenvalue weighted by molar-refractivity contribution is -0.174. The highest BCUT2D eigenvalue weighted by Crippen LogP contribution is 2.20. The van der Waals surface area contributed by atoms with Gasteiger partial charge in [-0.15, -0.1) is 0 Å². The van der Waals surface area contributed by atoms with Crippen molar-refractivity contribution in [1.29, 1.82) is 0 Å². The van der Waals surface area contributed by atoms with Crippen LogP contribution in [0.2, 0.25) is 0 Å². The fourth-order valence-corrected chi connectivity index (χ4v) is 2.57. The van der Waals surface area contributed by atoms with Gasteiger partial charge >= 0.3 is 6.18 Å². The molecule has 0 spiro atoms. The quantitative estimate of drug-likeness (QED) is 0.866. The monoisotopic (exact) mass is 355 g/mol. The maximum atomic E-state index is 12.4. The SMILES string of the molecule is Cc1cc(C(=O)N[C@H](C)COCC(F)(F)F)c(C)n1-c1cccnc1. The number of amides is 1. The van der Waals surface area contributed by atoms with Crippen LogP contribution in [-0.2, 0) is 4.74 Å². The van der Waals surface area contributed by atoms with Gasteiger partial charge in [-0.3, -0.25) is 9.78 Å². The summed E-state index contributed by atoms with van der Waals surface area (Å²) in [4.78, 5) is 16.5. The van der Waals surface area contributed by atoms with E-state index in [0.717, 1.165) is 17.1 Å². The number of alkyl halides is 3. The molecule has 2 heterocycles. The van der Waals surface area contributed by atoms with Gasteiger partial charge in [0.15, 0.2) is 0 Å². The Kier molecular flexibility index (Phi) is 5.84. The number of hydrogen-bond donors (Lipinski definition) is 1. The minimum Gasteiger partial charge on any atom is -0.370 e. The van der Waals surface area contributed by atoms with Crippen LogP contribution in [-0.4, -0.2) is 40.9 Å². The second-order valence-electron chi connectivity index (χ2n) is 5.84. The largest absolute Gasteiger partial charge is 0.411 e. The van der Waals surface area contributed by atoms with Gasteiger partial charge in [-0.25, -0.2) is 0 Å². The maximum Gasteiger partial charge on any atom is 0.411 e. The lowest BCUT2D eigenvalue weighted by Gasteiger charge is -2.15. The Morgan fingerprint density at radius 3 is 2.72 bits per heavy atom. The van der Waals surface area contributed by atoms with E-state index in [2.05, 4.69) is 15.0 Å². The van der Waals surface area contributed by atoms with Crippen LogP contribution in [0.3, 0.4) is 0 Å². The molecule has 0 fully saturated rings. The summed E-state index contributed by atoms with van der Waals surface area (Å²) in [5.74, 6) is -0.355. The van der Waals surface area contributed by atoms with E-state index in [1.54, 1.807) is 38.4 Å². The fourth-order valence-electron chi connectivity index (χ4n) is 2.57. The number of carbonyl (C=O) groups excluding carboxylic acids is 1. The molecule has 1 N–H and O–H groups in total. The lowest BCUT2D eigenvalue weighted by atomic mass is 10.2. The first-order valence-corrected chi connectivity index (χ1v) is 7.73. The number of nitrogens with zero attached hydrogens (tertiary/aromatic N) is 2. The molecule has 0 bridgehead atoms. The Bertz CT molecular complexity index is 727. The highest BCUT2D eigenvalue weighted by atomic mass is 19.4. The minimum atomic E-state index is -4.38. The van der Waals surface area contributed by atoms with E-state index in [4.69, 9.17) is 0 Å². The van der Waals surface area contributed by atoms with E-state index < -0.39 is 18.8 Å². The van der Waals surface area contributed by atoms with Gasteiger partial charge in [-0.1, -0.05) is 0 Å². The van der Waals surface area contributed by atoms with Crippen LogP contribution in [0.5, 0.6) is 0 Å². The molecular weight excluding hydrogens is 335 g/mol. The zero-order valence-corrected chi connectivity index (χ0v) is 14.2. The predicted molar refractivity (Wildman–Crippen MR) is 86.8 cm³/mol. The standard InChI is InChI=1S/C17H20F3N3O2/c1-11(9-25-10-17(18,19)20)22-16(24)15-7-12(2)23(13(15)3)14-5-4-6-21-8-14/h4-8,11H,9-10H2,1-3H3,(H,22,24)/t11-/m1/s1. The molecule has 5 nitrogen and oxygen atoms in total. The Morgan fingerprint density at radius 2 is 2.12 bits per heavy atom. The van der Waals surface area contributed by atoms with Crippen LogP contribution < -0.4 is 5.32 Å². The van der Waals surface area contributed by atoms with Gasteiger partial charge < -0.3 is 14.6 Å². The average Bonchev–Trinajstić information content (AvgIpc) is 2.81. The van der Waals surface area contributed by atoms with E-state index in [1.807, 2.05) is 17.6 Å². The average molecular weight is 355 g/mol. The summed E-state index contributed by atoms with van der Waals surface area (Å²) in [6.45, 7) is 3.72. The Labute approximate surface area is 143 Å². The van der Waals surface area contributed by atoms with Crippen molar-refractivity contribution in [2.24, 2.45) is 0 Å². The molecule has 0 unspecified atom stereocenters. The maximum absolute atomic E-state index is 12.4. The van der Waals surface area contributed by atoms with Crippen LogP contribution in [0.25, 0.3) is 5.69 Å². The zero-order chi connectivity index (χ0) is 18.6. The number of nitrogens with one attached hydrogen (secondary N) is 1. The number of aryl methyl sites for hydroxylation is 1. The smallest absolute Gasteiger partial charge is 0.370 e. The van der Waals surface area contributed by atoms with E-state index in [0.29, 0.717) is 5.56 Å². The van der Waals surface area contributed by atoms with Gasteiger partial charge in [0.2, 0.25) is 0 Å². The van der Waals surface area contributed by atoms with E-state index >= 15 is 0 Å². The minimum absolute atomic E-state index is 0.216. The van der Waals surface area contributed by atoms with Crippen molar-refractivity contribution >= 4 is 5.91 Å². The van der Waals surface area contributed by atoms with Crippen molar-refractivity contribution in [3.8, 4) is 5.69 Å². The number of ether oxygens (including phenoxy) is 1. The van der Waals surface area contributed by atoms with E-state index in [1.165, 1.54) is 0 Å². The Balaban J connectivity index is 2.05. The normalized spacial score (nSPS) is 12.9. The third-order valence-electron chi connectivity index (χ3n) is 3.59. The van der Waals surface area contributed by atoms with Gasteiger partial charge in [0.25, 0.3) is 5.91 Å². The predicted octanol–water partition coefficient (Wildman–Crippen LogP) is 3.19. The van der Waals surface area contributed by atoms with Crippen molar-refractivity contribution < 1.29 is 22.7 Å². The zero-order valence-electron chi connectivity index (χ0n) is 14.2. The first kappa shape index (κ1) is 19.0. The van der Waals surface area contributed by atoms with Crippen molar-refractivity contribution in [3.63, 3.8) is 0 Å². The molecule has 0 aromatic carbocycles. The highest BCUT2D eigenvalue weighted by Gasteiger charge is 2.28. The summed E-state index contributed by atoms with van der Waals surface area (Å²) in [6, 6.07) is 4.87. The molecule has 1 amide bonds. The van der Waals surface area contributed by atoms with Crippen molar-refractivity contribution in [2.75, 3.05) is 13.2 Å². The number of carbonyl (C=O) groups is 1. The summed E-state index contributed by atoms with van der Waals surface area (Å²) in [5, 5.41) is 2.66. The summed E-state index contributed by atoms with van der Waals surface area (Å²) < 4.78 is 42.7. The molecule has 2 rings (SSSR count). The summed E-state index contributed by atoms with van der Waals surface area (Å²) in [6.07, 6.45) is -1.03. The number of rotatable bonds is 6. The number of halogens is 3. The first-order valence-electron chi connectivity index (χ1n) is 7.73. The van der Waals surface area contributed by atoms with Gasteiger partial charge in [0.1, 0.15) is 6.61 Å². The molecule has 0 saturated carbocycles. The van der Waals surface area contributed by atoms with E-state index in [-0.39, 0.29) is 12.5 Å². The fraction of sp³-hybridized carbons (Fsp3) is 0.412. The van der Waals surface area contributed by atoms with Gasteiger partial charge in [0.05, 0.1) is 24.1 Å². The molecule has 2 aromatic heterocycles.